The van der Waals surface area contributed by atoms with Crippen molar-refractivity contribution in [2.24, 2.45) is 11.8 Å². The van der Waals surface area contributed by atoms with Crippen LogP contribution in [-0.2, 0) is 14.4 Å². The Balaban J connectivity index is 2.87. The zero-order valence-corrected chi connectivity index (χ0v) is 7.23. The minimum atomic E-state index is -1.36. The number of nitrogens with one attached hydrogen (secondary N) is 2. The van der Waals surface area contributed by atoms with Gasteiger partial charge in [-0.3, -0.25) is 25.0 Å². The fraction of sp³-hybridized carbons (Fsp3) is 0.429. The molecule has 1 rings (SSSR count). The van der Waals surface area contributed by atoms with Crippen molar-refractivity contribution < 1.29 is 24.3 Å². The Kier molecular flexibility index (Phi) is 2.50. The van der Waals surface area contributed by atoms with Crippen LogP contribution in [0.25, 0.3) is 0 Å². The Hall–Kier alpha value is -1.92. The lowest BCUT2D eigenvalue weighted by molar-refractivity contribution is -0.151. The summed E-state index contributed by atoms with van der Waals surface area (Å²) in [5.74, 6) is -5.55. The Morgan fingerprint density at radius 3 is 2.07 bits per heavy atom. The summed E-state index contributed by atoms with van der Waals surface area (Å²) in [5.41, 5.74) is 0. The van der Waals surface area contributed by atoms with Crippen molar-refractivity contribution in [1.82, 2.24) is 10.6 Å². The highest BCUT2D eigenvalue weighted by atomic mass is 16.4. The van der Waals surface area contributed by atoms with Gasteiger partial charge >= 0.3 is 12.0 Å². The topological polar surface area (TPSA) is 113 Å². The smallest absolute Gasteiger partial charge is 0.328 e. The van der Waals surface area contributed by atoms with Gasteiger partial charge < -0.3 is 5.11 Å². The lowest BCUT2D eigenvalue weighted by Crippen LogP contribution is -2.58. The van der Waals surface area contributed by atoms with E-state index in [1.165, 1.54) is 6.92 Å². The Morgan fingerprint density at radius 1 is 1.29 bits per heavy atom. The highest BCUT2D eigenvalue weighted by Crippen LogP contribution is 2.14. The molecule has 1 aliphatic rings. The van der Waals surface area contributed by atoms with Crippen LogP contribution < -0.4 is 10.6 Å². The number of barbiturate groups is 1. The molecule has 0 spiro atoms. The fourth-order valence-electron chi connectivity index (χ4n) is 1.13. The maximum absolute atomic E-state index is 11.1. The third-order valence-corrected chi connectivity index (χ3v) is 1.93. The van der Waals surface area contributed by atoms with Crippen molar-refractivity contribution in [3.8, 4) is 0 Å². The van der Waals surface area contributed by atoms with E-state index >= 15 is 0 Å². The minimum Gasteiger partial charge on any atom is -0.481 e. The number of carboxylic acids is 1. The molecule has 7 nitrogen and oxygen atoms in total. The number of hydrogen-bond donors (Lipinski definition) is 3. The molecule has 0 aromatic rings. The lowest BCUT2D eigenvalue weighted by atomic mass is 9.91. The summed E-state index contributed by atoms with van der Waals surface area (Å²) in [6.45, 7) is 1.22. The minimum absolute atomic E-state index is 0.881. The van der Waals surface area contributed by atoms with Gasteiger partial charge in [-0.05, 0) is 0 Å². The van der Waals surface area contributed by atoms with E-state index < -0.39 is 35.7 Å². The summed E-state index contributed by atoms with van der Waals surface area (Å²) in [6.07, 6.45) is 0. The first-order valence-electron chi connectivity index (χ1n) is 3.82. The first kappa shape index (κ1) is 10.2. The molecular formula is C7H8N2O5. The standard InChI is InChI=1S/C7H8N2O5/c1-2(6(12)13)3-4(10)8-7(14)9-5(3)11/h2-3H,1H3,(H,12,13)(H2,8,9,10,11,14). The predicted octanol–water partition coefficient (Wildman–Crippen LogP) is -1.31. The molecule has 0 bridgehead atoms. The molecule has 1 unspecified atom stereocenters. The van der Waals surface area contributed by atoms with Gasteiger partial charge in [0, 0.05) is 0 Å². The largest absolute Gasteiger partial charge is 0.481 e. The average molecular weight is 200 g/mol. The van der Waals surface area contributed by atoms with Crippen molar-refractivity contribution in [3.63, 3.8) is 0 Å². The molecule has 1 atom stereocenters. The van der Waals surface area contributed by atoms with Crippen molar-refractivity contribution in [1.29, 1.82) is 0 Å². The van der Waals surface area contributed by atoms with E-state index in [2.05, 4.69) is 0 Å². The first-order chi connectivity index (χ1) is 6.43. The summed E-state index contributed by atoms with van der Waals surface area (Å²) in [4.78, 5) is 43.3. The maximum Gasteiger partial charge on any atom is 0.328 e. The number of carbonyl (C=O) groups excluding carboxylic acids is 3. The van der Waals surface area contributed by atoms with E-state index in [9.17, 15) is 19.2 Å². The maximum atomic E-state index is 11.1. The van der Waals surface area contributed by atoms with Crippen molar-refractivity contribution >= 4 is 23.8 Å². The van der Waals surface area contributed by atoms with Crippen LogP contribution in [0.2, 0.25) is 0 Å². The van der Waals surface area contributed by atoms with Crippen molar-refractivity contribution in [3.05, 3.63) is 0 Å². The highest BCUT2D eigenvalue weighted by molar-refractivity contribution is 6.17. The molecule has 1 saturated heterocycles. The molecule has 0 saturated carbocycles. The summed E-state index contributed by atoms with van der Waals surface area (Å²) < 4.78 is 0. The van der Waals surface area contributed by atoms with Gasteiger partial charge in [0.15, 0.2) is 0 Å². The Labute approximate surface area is 78.5 Å². The Morgan fingerprint density at radius 2 is 1.71 bits per heavy atom. The molecule has 14 heavy (non-hydrogen) atoms. The second kappa shape index (κ2) is 3.44. The van der Waals surface area contributed by atoms with Gasteiger partial charge in [0.2, 0.25) is 11.8 Å². The van der Waals surface area contributed by atoms with Gasteiger partial charge in [-0.1, -0.05) is 6.92 Å². The van der Waals surface area contributed by atoms with Crippen LogP contribution in [0.5, 0.6) is 0 Å². The molecule has 0 radical (unpaired) electrons. The number of imide groups is 2. The molecule has 4 amide bonds. The third kappa shape index (κ3) is 1.70. The predicted molar refractivity (Wildman–Crippen MR) is 42.0 cm³/mol. The fourth-order valence-corrected chi connectivity index (χ4v) is 1.13. The van der Waals surface area contributed by atoms with Crippen LogP contribution >= 0.6 is 0 Å². The van der Waals surface area contributed by atoms with E-state index in [-0.39, 0.29) is 0 Å². The number of urea groups is 1. The van der Waals surface area contributed by atoms with Crippen molar-refractivity contribution in [2.75, 3.05) is 0 Å². The second-order valence-corrected chi connectivity index (χ2v) is 2.91. The number of rotatable bonds is 2. The Bertz CT molecular complexity index is 304. The van der Waals surface area contributed by atoms with Crippen LogP contribution in [0.1, 0.15) is 6.92 Å². The number of carboxylic acid groups (broad SMARTS) is 1. The molecule has 76 valence electrons. The normalized spacial score (nSPS) is 19.9. The molecule has 1 heterocycles. The quantitative estimate of drug-likeness (QED) is 0.479. The molecule has 0 aliphatic carbocycles. The monoisotopic (exact) mass is 200 g/mol. The summed E-state index contributed by atoms with van der Waals surface area (Å²) in [5, 5.41) is 12.2. The molecule has 7 heteroatoms. The molecule has 0 aromatic carbocycles. The van der Waals surface area contributed by atoms with Crippen LogP contribution in [0.3, 0.4) is 0 Å². The number of hydrogen-bond acceptors (Lipinski definition) is 4. The summed E-state index contributed by atoms with van der Waals surface area (Å²) >= 11 is 0. The second-order valence-electron chi connectivity index (χ2n) is 2.91. The highest BCUT2D eigenvalue weighted by Gasteiger charge is 2.41. The van der Waals surface area contributed by atoms with Crippen molar-refractivity contribution in [2.45, 2.75) is 6.92 Å². The lowest BCUT2D eigenvalue weighted by Gasteiger charge is -2.22. The molecule has 1 fully saturated rings. The van der Waals surface area contributed by atoms with Gasteiger partial charge in [-0.25, -0.2) is 4.79 Å². The number of carbonyl (C=O) groups is 4. The number of aliphatic carboxylic acids is 1. The van der Waals surface area contributed by atoms with E-state index in [0.29, 0.717) is 0 Å². The van der Waals surface area contributed by atoms with Gasteiger partial charge in [0.1, 0.15) is 5.92 Å². The zero-order valence-electron chi connectivity index (χ0n) is 7.23. The number of amides is 4. The summed E-state index contributed by atoms with van der Waals surface area (Å²) in [7, 11) is 0. The van der Waals surface area contributed by atoms with E-state index in [1.807, 2.05) is 10.6 Å². The summed E-state index contributed by atoms with van der Waals surface area (Å²) in [6, 6.07) is -0.922. The molecular weight excluding hydrogens is 192 g/mol. The first-order valence-corrected chi connectivity index (χ1v) is 3.82. The van der Waals surface area contributed by atoms with Crippen LogP contribution in [0, 0.1) is 11.8 Å². The van der Waals surface area contributed by atoms with Gasteiger partial charge in [-0.15, -0.1) is 0 Å². The van der Waals surface area contributed by atoms with E-state index in [0.717, 1.165) is 0 Å². The van der Waals surface area contributed by atoms with E-state index in [1.54, 1.807) is 0 Å². The van der Waals surface area contributed by atoms with Gasteiger partial charge in [0.25, 0.3) is 0 Å². The molecule has 0 aromatic heterocycles. The van der Waals surface area contributed by atoms with Crippen LogP contribution in [-0.4, -0.2) is 28.9 Å². The van der Waals surface area contributed by atoms with Crippen LogP contribution in [0.4, 0.5) is 4.79 Å². The van der Waals surface area contributed by atoms with E-state index in [4.69, 9.17) is 5.11 Å². The van der Waals surface area contributed by atoms with Crippen LogP contribution in [0.15, 0.2) is 0 Å². The molecule has 3 N–H and O–H groups in total. The average Bonchev–Trinajstić information content (AvgIpc) is 2.01. The molecule has 1 aliphatic heterocycles. The SMILES string of the molecule is CC(C(=O)O)C1C(=O)NC(=O)NC1=O. The third-order valence-electron chi connectivity index (χ3n) is 1.93. The zero-order chi connectivity index (χ0) is 10.9. The van der Waals surface area contributed by atoms with Gasteiger partial charge in [0.05, 0.1) is 5.92 Å². The van der Waals surface area contributed by atoms with Gasteiger partial charge in [-0.2, -0.15) is 0 Å².